The fourth-order valence-electron chi connectivity index (χ4n) is 5.30. The maximum Gasteiger partial charge on any atom is 0.336 e. The Bertz CT molecular complexity index is 1200. The molecule has 0 bridgehead atoms. The van der Waals surface area contributed by atoms with Crippen molar-refractivity contribution < 1.29 is 23.8 Å². The van der Waals surface area contributed by atoms with Gasteiger partial charge in [0, 0.05) is 50.8 Å². The van der Waals surface area contributed by atoms with Crippen LogP contribution in [0.1, 0.15) is 54.9 Å². The number of carbonyl (C=O) groups excluding carboxylic acids is 2. The molecule has 0 unspecified atom stereocenters. The van der Waals surface area contributed by atoms with Gasteiger partial charge in [-0.3, -0.25) is 4.79 Å². The lowest BCUT2D eigenvalue weighted by Crippen LogP contribution is -2.36. The Hall–Kier alpha value is -2.42. The fraction of sp³-hybridized carbons (Fsp3) is 0.407. The summed E-state index contributed by atoms with van der Waals surface area (Å²) in [5, 5.41) is 5.45. The fourth-order valence-corrected chi connectivity index (χ4v) is 6.51. The molecule has 184 valence electrons. The summed E-state index contributed by atoms with van der Waals surface area (Å²) in [7, 11) is 1.60. The van der Waals surface area contributed by atoms with Crippen molar-refractivity contribution in [3.63, 3.8) is 0 Å². The second kappa shape index (κ2) is 10.3. The highest BCUT2D eigenvalue weighted by molar-refractivity contribution is 9.10. The molecule has 1 fully saturated rings. The number of benzene rings is 1. The van der Waals surface area contributed by atoms with E-state index in [2.05, 4.69) is 27.3 Å². The number of rotatable bonds is 6. The molecular formula is C27H28BrNO5S. The largest absolute Gasteiger partial charge is 0.496 e. The molecule has 6 nitrogen and oxygen atoms in total. The van der Waals surface area contributed by atoms with Crippen molar-refractivity contribution in [2.45, 2.75) is 50.5 Å². The van der Waals surface area contributed by atoms with Crippen LogP contribution in [0, 0.1) is 0 Å². The highest BCUT2D eigenvalue weighted by Gasteiger charge is 2.42. The average Bonchev–Trinajstić information content (AvgIpc) is 3.56. The van der Waals surface area contributed by atoms with Crippen molar-refractivity contribution in [3.05, 3.63) is 73.2 Å². The number of ketones is 1. The highest BCUT2D eigenvalue weighted by atomic mass is 79.9. The van der Waals surface area contributed by atoms with Crippen LogP contribution in [0.4, 0.5) is 0 Å². The van der Waals surface area contributed by atoms with Gasteiger partial charge in [0.2, 0.25) is 0 Å². The molecule has 3 heterocycles. The zero-order valence-corrected chi connectivity index (χ0v) is 22.2. The lowest BCUT2D eigenvalue weighted by molar-refractivity contribution is -0.142. The monoisotopic (exact) mass is 557 g/mol. The van der Waals surface area contributed by atoms with E-state index in [9.17, 15) is 9.59 Å². The topological polar surface area (TPSA) is 73.9 Å². The van der Waals surface area contributed by atoms with E-state index in [1.165, 1.54) is 4.88 Å². The zero-order valence-electron chi connectivity index (χ0n) is 19.8. The quantitative estimate of drug-likeness (QED) is 0.466. The summed E-state index contributed by atoms with van der Waals surface area (Å²) in [6, 6.07) is 9.78. The van der Waals surface area contributed by atoms with Crippen molar-refractivity contribution in [1.29, 1.82) is 0 Å². The summed E-state index contributed by atoms with van der Waals surface area (Å²) in [5.41, 5.74) is 3.42. The van der Waals surface area contributed by atoms with E-state index in [1.807, 2.05) is 36.6 Å². The van der Waals surface area contributed by atoms with Crippen LogP contribution in [0.3, 0.4) is 0 Å². The first-order valence-corrected chi connectivity index (χ1v) is 13.5. The van der Waals surface area contributed by atoms with E-state index in [0.29, 0.717) is 42.0 Å². The predicted molar refractivity (Wildman–Crippen MR) is 138 cm³/mol. The molecule has 2 aromatic rings. The Morgan fingerprint density at radius 3 is 2.86 bits per heavy atom. The number of ether oxygens (including phenoxy) is 3. The minimum absolute atomic E-state index is 0.0427. The molecule has 0 saturated carbocycles. The third kappa shape index (κ3) is 4.84. The van der Waals surface area contributed by atoms with Crippen molar-refractivity contribution in [3.8, 4) is 5.75 Å². The molecule has 5 rings (SSSR count). The SMILES string of the molecule is COc1ccc(Br)cc1[C@H]1C(C(=O)OC[C@H]2CCCO2)=C(C)NC2=C1C(=O)C[C@@H](c1cccs1)C2. The maximum atomic E-state index is 13.7. The predicted octanol–water partition coefficient (Wildman–Crippen LogP) is 5.60. The average molecular weight is 558 g/mol. The van der Waals surface area contributed by atoms with E-state index in [0.717, 1.165) is 28.6 Å². The van der Waals surface area contributed by atoms with Crippen molar-refractivity contribution in [2.24, 2.45) is 0 Å². The summed E-state index contributed by atoms with van der Waals surface area (Å²) in [6.45, 7) is 2.78. The summed E-state index contributed by atoms with van der Waals surface area (Å²) in [6.07, 6.45) is 2.90. The van der Waals surface area contributed by atoms with E-state index < -0.39 is 11.9 Å². The number of Topliss-reactive ketones (excluding diaryl/α,β-unsaturated/α-hetero) is 1. The molecule has 0 radical (unpaired) electrons. The van der Waals surface area contributed by atoms with Crippen molar-refractivity contribution in [2.75, 3.05) is 20.3 Å². The Balaban J connectivity index is 1.56. The molecule has 2 aliphatic heterocycles. The Labute approximate surface area is 217 Å². The number of esters is 1. The summed E-state index contributed by atoms with van der Waals surface area (Å²) in [5.74, 6) is -0.220. The number of dihydropyridines is 1. The van der Waals surface area contributed by atoms with Gasteiger partial charge in [-0.1, -0.05) is 22.0 Å². The van der Waals surface area contributed by atoms with Gasteiger partial charge in [0.05, 0.1) is 24.7 Å². The minimum Gasteiger partial charge on any atom is -0.496 e. The Morgan fingerprint density at radius 2 is 2.14 bits per heavy atom. The van der Waals surface area contributed by atoms with Crippen LogP contribution in [-0.4, -0.2) is 38.2 Å². The van der Waals surface area contributed by atoms with Gasteiger partial charge in [-0.25, -0.2) is 4.79 Å². The third-order valence-electron chi connectivity index (χ3n) is 6.92. The van der Waals surface area contributed by atoms with E-state index in [-0.39, 0.29) is 24.4 Å². The van der Waals surface area contributed by atoms with Crippen LogP contribution in [0.25, 0.3) is 0 Å². The smallest absolute Gasteiger partial charge is 0.336 e. The molecule has 35 heavy (non-hydrogen) atoms. The molecule has 0 amide bonds. The Kier molecular flexibility index (Phi) is 7.14. The molecule has 3 aliphatic rings. The number of allylic oxidation sites excluding steroid dienone is 3. The normalized spacial score (nSPS) is 24.3. The molecule has 1 N–H and O–H groups in total. The molecule has 8 heteroatoms. The standard InChI is InChI=1S/C27H28BrNO5S/c1-15-24(27(31)34-14-18-5-3-9-33-18)25(19-13-17(28)7-8-22(19)32-2)26-20(29-15)11-16(12-21(26)30)23-6-4-10-35-23/h4,6-8,10,13,16,18,25,29H,3,5,9,11-12,14H2,1-2H3/t16-,18+,25-/m0/s1. The summed E-state index contributed by atoms with van der Waals surface area (Å²) >= 11 is 5.23. The van der Waals surface area contributed by atoms with Gasteiger partial charge >= 0.3 is 5.97 Å². The first-order valence-electron chi connectivity index (χ1n) is 11.9. The molecule has 1 saturated heterocycles. The molecule has 3 atom stereocenters. The van der Waals surface area contributed by atoms with Crippen LogP contribution in [0.2, 0.25) is 0 Å². The lowest BCUT2D eigenvalue weighted by Gasteiger charge is -2.37. The third-order valence-corrected chi connectivity index (χ3v) is 8.45. The molecule has 1 aromatic heterocycles. The van der Waals surface area contributed by atoms with Gasteiger partial charge in [0.25, 0.3) is 0 Å². The van der Waals surface area contributed by atoms with Crippen molar-refractivity contribution >= 4 is 39.0 Å². The van der Waals surface area contributed by atoms with Crippen LogP contribution >= 0.6 is 27.3 Å². The Morgan fingerprint density at radius 1 is 1.29 bits per heavy atom. The van der Waals surface area contributed by atoms with Gasteiger partial charge in [-0.15, -0.1) is 11.3 Å². The second-order valence-electron chi connectivity index (χ2n) is 9.15. The van der Waals surface area contributed by atoms with Crippen LogP contribution < -0.4 is 10.1 Å². The van der Waals surface area contributed by atoms with Gasteiger partial charge in [0.15, 0.2) is 5.78 Å². The van der Waals surface area contributed by atoms with Gasteiger partial charge in [-0.2, -0.15) is 0 Å². The lowest BCUT2D eigenvalue weighted by atomic mass is 9.72. The first kappa shape index (κ1) is 24.3. The molecule has 1 aromatic carbocycles. The van der Waals surface area contributed by atoms with E-state index >= 15 is 0 Å². The van der Waals surface area contributed by atoms with E-state index in [4.69, 9.17) is 14.2 Å². The highest BCUT2D eigenvalue weighted by Crippen LogP contribution is 2.48. The van der Waals surface area contributed by atoms with Crippen LogP contribution in [0.15, 0.2) is 62.7 Å². The van der Waals surface area contributed by atoms with Gasteiger partial charge in [0.1, 0.15) is 12.4 Å². The minimum atomic E-state index is -0.576. The number of hydrogen-bond acceptors (Lipinski definition) is 7. The van der Waals surface area contributed by atoms with Crippen LogP contribution in [-0.2, 0) is 19.1 Å². The summed E-state index contributed by atoms with van der Waals surface area (Å²) in [4.78, 5) is 28.4. The molecule has 0 spiro atoms. The maximum absolute atomic E-state index is 13.7. The molecule has 1 aliphatic carbocycles. The molecular weight excluding hydrogens is 530 g/mol. The number of hydrogen-bond donors (Lipinski definition) is 1. The second-order valence-corrected chi connectivity index (χ2v) is 11.0. The van der Waals surface area contributed by atoms with E-state index in [1.54, 1.807) is 18.4 Å². The zero-order chi connectivity index (χ0) is 24.5. The number of carbonyl (C=O) groups is 2. The first-order chi connectivity index (χ1) is 17.0. The number of nitrogens with one attached hydrogen (secondary N) is 1. The number of thiophene rings is 1. The van der Waals surface area contributed by atoms with Gasteiger partial charge in [-0.05, 0) is 55.8 Å². The number of methoxy groups -OCH3 is 1. The number of halogens is 1. The van der Waals surface area contributed by atoms with Crippen LogP contribution in [0.5, 0.6) is 5.75 Å². The summed E-state index contributed by atoms with van der Waals surface area (Å²) < 4.78 is 17.9. The van der Waals surface area contributed by atoms with Crippen molar-refractivity contribution in [1.82, 2.24) is 5.32 Å². The van der Waals surface area contributed by atoms with Gasteiger partial charge < -0.3 is 19.5 Å².